The fourth-order valence-electron chi connectivity index (χ4n) is 3.83. The summed E-state index contributed by atoms with van der Waals surface area (Å²) in [5.74, 6) is -2.72. The van der Waals surface area contributed by atoms with Crippen LogP contribution >= 0.6 is 0 Å². The maximum absolute atomic E-state index is 14.8. The molecule has 0 saturated carbocycles. The normalized spacial score (nSPS) is 17.4. The quantitative estimate of drug-likeness (QED) is 0.327. The van der Waals surface area contributed by atoms with Gasteiger partial charge in [0.05, 0.1) is 23.4 Å². The van der Waals surface area contributed by atoms with Crippen LogP contribution in [0.1, 0.15) is 33.7 Å². The highest BCUT2D eigenvalue weighted by Crippen LogP contribution is 2.37. The van der Waals surface area contributed by atoms with E-state index in [1.807, 2.05) is 0 Å². The van der Waals surface area contributed by atoms with Crippen molar-refractivity contribution in [3.8, 4) is 0 Å². The zero-order chi connectivity index (χ0) is 28.2. The van der Waals surface area contributed by atoms with E-state index in [2.05, 4.69) is 25.6 Å². The molecule has 0 radical (unpaired) electrons. The van der Waals surface area contributed by atoms with Crippen molar-refractivity contribution in [1.82, 2.24) is 15.3 Å². The number of ether oxygens (including phenoxy) is 1. The molecule has 0 aliphatic carbocycles. The second-order valence-electron chi connectivity index (χ2n) is 8.82. The Morgan fingerprint density at radius 1 is 1.13 bits per heavy atom. The zero-order valence-corrected chi connectivity index (χ0v) is 20.5. The average molecular weight is 547 g/mol. The van der Waals surface area contributed by atoms with Gasteiger partial charge in [-0.05, 0) is 37.6 Å². The first-order valence-corrected chi connectivity index (χ1v) is 11.6. The molecule has 8 nitrogen and oxygen atoms in total. The van der Waals surface area contributed by atoms with Gasteiger partial charge in [0.1, 0.15) is 22.9 Å². The summed E-state index contributed by atoms with van der Waals surface area (Å²) < 4.78 is 74.0. The number of anilines is 2. The van der Waals surface area contributed by atoms with Crippen molar-refractivity contribution in [3.63, 3.8) is 0 Å². The van der Waals surface area contributed by atoms with Crippen molar-refractivity contribution in [1.29, 1.82) is 0 Å². The summed E-state index contributed by atoms with van der Waals surface area (Å²) in [4.78, 5) is 37.1. The Bertz CT molecular complexity index is 1400. The maximum Gasteiger partial charge on any atom is 0.418 e. The molecule has 1 saturated heterocycles. The largest absolute Gasteiger partial charge is 0.418 e. The lowest BCUT2D eigenvalue weighted by Gasteiger charge is -2.21. The van der Waals surface area contributed by atoms with E-state index in [4.69, 9.17) is 4.74 Å². The highest BCUT2D eigenvalue weighted by molar-refractivity contribution is 6.05. The molecule has 1 atom stereocenters. The van der Waals surface area contributed by atoms with Gasteiger partial charge in [-0.2, -0.15) is 13.2 Å². The molecule has 1 aliphatic heterocycles. The number of nitrogens with one attached hydrogen (secondary N) is 2. The minimum Gasteiger partial charge on any atom is -0.380 e. The van der Waals surface area contributed by atoms with Crippen LogP contribution in [-0.4, -0.2) is 41.2 Å². The fraction of sp³-hybridized carbons (Fsp3) is 0.269. The van der Waals surface area contributed by atoms with Crippen LogP contribution in [0, 0.1) is 24.0 Å². The topological polar surface area (TPSA) is 106 Å². The van der Waals surface area contributed by atoms with Gasteiger partial charge in [0.25, 0.3) is 5.91 Å². The first kappa shape index (κ1) is 27.8. The Balaban J connectivity index is 1.45. The van der Waals surface area contributed by atoms with Gasteiger partial charge in [-0.3, -0.25) is 9.59 Å². The number of hydrogen-bond donors (Lipinski definition) is 2. The van der Waals surface area contributed by atoms with E-state index in [1.54, 1.807) is 6.92 Å². The van der Waals surface area contributed by atoms with Crippen LogP contribution in [0.3, 0.4) is 0 Å². The molecule has 39 heavy (non-hydrogen) atoms. The molecular formula is C26H22F5N5O3. The predicted octanol–water partition coefficient (Wildman–Crippen LogP) is 4.76. The summed E-state index contributed by atoms with van der Waals surface area (Å²) >= 11 is 0. The minimum absolute atomic E-state index is 0.0253. The molecule has 204 valence electrons. The third-order valence-corrected chi connectivity index (χ3v) is 6.04. The van der Waals surface area contributed by atoms with E-state index in [0.29, 0.717) is 11.9 Å². The number of amides is 2. The molecule has 0 spiro atoms. The number of aryl methyl sites for hydroxylation is 1. The molecule has 0 bridgehead atoms. The number of carbonyl (C=O) groups is 2. The number of alkyl halides is 3. The van der Waals surface area contributed by atoms with Crippen LogP contribution in [-0.2, 0) is 22.3 Å². The van der Waals surface area contributed by atoms with Gasteiger partial charge in [-0.1, -0.05) is 12.1 Å². The first-order chi connectivity index (χ1) is 18.5. The lowest BCUT2D eigenvalue weighted by atomic mass is 9.87. The molecule has 13 heteroatoms. The van der Waals surface area contributed by atoms with Crippen LogP contribution in [0.5, 0.6) is 0 Å². The van der Waals surface area contributed by atoms with Crippen molar-refractivity contribution < 1.29 is 36.3 Å². The molecule has 4 rings (SSSR count). The van der Waals surface area contributed by atoms with E-state index in [0.717, 1.165) is 18.2 Å². The lowest BCUT2D eigenvalue weighted by Crippen LogP contribution is -2.42. The Hall–Kier alpha value is -4.26. The third kappa shape index (κ3) is 6.42. The van der Waals surface area contributed by atoms with E-state index in [1.165, 1.54) is 30.7 Å². The van der Waals surface area contributed by atoms with E-state index in [-0.39, 0.29) is 43.0 Å². The molecular weight excluding hydrogens is 525 g/mol. The molecule has 2 N–H and O–H groups in total. The van der Waals surface area contributed by atoms with E-state index < -0.39 is 46.3 Å². The maximum atomic E-state index is 14.8. The van der Waals surface area contributed by atoms with Gasteiger partial charge in [0.15, 0.2) is 0 Å². The summed E-state index contributed by atoms with van der Waals surface area (Å²) in [5.41, 5.74) is -3.29. The molecule has 1 unspecified atom stereocenters. The van der Waals surface area contributed by atoms with Gasteiger partial charge in [0.2, 0.25) is 5.91 Å². The van der Waals surface area contributed by atoms with Gasteiger partial charge < -0.3 is 15.4 Å². The second kappa shape index (κ2) is 11.2. The van der Waals surface area contributed by atoms with Crippen molar-refractivity contribution in [2.45, 2.75) is 26.1 Å². The molecule has 2 amide bonds. The Kier molecular flexibility index (Phi) is 8.00. The summed E-state index contributed by atoms with van der Waals surface area (Å²) in [5, 5.41) is 4.86. The number of carbonyl (C=O) groups excluding carboxylic acids is 2. The van der Waals surface area contributed by atoms with Crippen molar-refractivity contribution >= 4 is 29.4 Å². The third-order valence-electron chi connectivity index (χ3n) is 6.04. The number of para-hydroxylation sites is 1. The van der Waals surface area contributed by atoms with Gasteiger partial charge in [-0.25, -0.2) is 23.7 Å². The van der Waals surface area contributed by atoms with Crippen molar-refractivity contribution in [2.24, 2.45) is 10.4 Å². The van der Waals surface area contributed by atoms with Crippen LogP contribution < -0.4 is 10.6 Å². The van der Waals surface area contributed by atoms with Crippen LogP contribution in [0.15, 0.2) is 53.8 Å². The standard InChI is InChI=1S/C26H22F5N5O3/c1-15-32-11-17(12-33-15)23(37)35-13-25(7-8-39-14-25)24(38)34-10-16-5-6-18(9-21(16)28)36-22-19(26(29,30)31)3-2-4-20(22)27/h2-6,9,11-13,36H,7-8,10,14H2,1H3,(H,34,38). The number of nitrogens with zero attached hydrogens (tertiary/aromatic N) is 3. The summed E-state index contributed by atoms with van der Waals surface area (Å²) in [6.45, 7) is 1.58. The van der Waals surface area contributed by atoms with E-state index in [9.17, 15) is 31.5 Å². The SMILES string of the molecule is Cc1ncc(C(=O)N=CC2(C(=O)NCc3ccc(Nc4c(F)cccc4C(F)(F)F)cc3F)CCOC2)cn1. The smallest absolute Gasteiger partial charge is 0.380 e. The monoisotopic (exact) mass is 547 g/mol. The molecule has 2 aromatic carbocycles. The Morgan fingerprint density at radius 2 is 1.87 bits per heavy atom. The van der Waals surface area contributed by atoms with Crippen molar-refractivity contribution in [3.05, 3.63) is 82.9 Å². The number of aliphatic imine (C=N–C) groups is 1. The first-order valence-electron chi connectivity index (χ1n) is 11.6. The highest BCUT2D eigenvalue weighted by atomic mass is 19.4. The Morgan fingerprint density at radius 3 is 2.51 bits per heavy atom. The van der Waals surface area contributed by atoms with Gasteiger partial charge in [-0.15, -0.1) is 0 Å². The van der Waals surface area contributed by atoms with Crippen molar-refractivity contribution in [2.75, 3.05) is 18.5 Å². The molecule has 2 heterocycles. The van der Waals surface area contributed by atoms with Gasteiger partial charge in [0, 0.05) is 43.0 Å². The molecule has 1 aromatic heterocycles. The summed E-state index contributed by atoms with van der Waals surface area (Å²) in [7, 11) is 0. The fourth-order valence-corrected chi connectivity index (χ4v) is 3.83. The minimum atomic E-state index is -4.82. The number of aromatic nitrogens is 2. The number of hydrogen-bond acceptors (Lipinski definition) is 6. The number of halogens is 5. The molecule has 1 fully saturated rings. The number of benzene rings is 2. The lowest BCUT2D eigenvalue weighted by molar-refractivity contribution is -0.137. The van der Waals surface area contributed by atoms with Gasteiger partial charge >= 0.3 is 6.18 Å². The molecule has 3 aromatic rings. The van der Waals surface area contributed by atoms with E-state index >= 15 is 0 Å². The average Bonchev–Trinajstić information content (AvgIpc) is 3.38. The van der Waals surface area contributed by atoms with Crippen LogP contribution in [0.25, 0.3) is 0 Å². The molecule has 1 aliphatic rings. The van der Waals surface area contributed by atoms with Crippen LogP contribution in [0.2, 0.25) is 0 Å². The Labute approximate surface area is 219 Å². The summed E-state index contributed by atoms with van der Waals surface area (Å²) in [6.07, 6.45) is -0.757. The number of rotatable bonds is 7. The zero-order valence-electron chi connectivity index (χ0n) is 20.5. The second-order valence-corrected chi connectivity index (χ2v) is 8.82. The highest BCUT2D eigenvalue weighted by Gasteiger charge is 2.41. The summed E-state index contributed by atoms with van der Waals surface area (Å²) in [6, 6.07) is 5.89. The predicted molar refractivity (Wildman–Crippen MR) is 130 cm³/mol. The van der Waals surface area contributed by atoms with Crippen LogP contribution in [0.4, 0.5) is 33.3 Å².